The van der Waals surface area contributed by atoms with Crippen LogP contribution >= 0.6 is 0 Å². The molecule has 0 atom stereocenters. The number of anilines is 3. The number of ether oxygens (including phenoxy) is 1. The smallest absolute Gasteiger partial charge is 0.246 e. The average molecular weight is 545 g/mol. The van der Waals surface area contributed by atoms with Crippen molar-refractivity contribution in [3.8, 4) is 11.5 Å². The van der Waals surface area contributed by atoms with Gasteiger partial charge in [0, 0.05) is 39.3 Å². The molecule has 6 rings (SSSR count). The number of aryl methyl sites for hydroxylation is 1. The van der Waals surface area contributed by atoms with Crippen molar-refractivity contribution in [1.82, 2.24) is 39.8 Å². The van der Waals surface area contributed by atoms with Crippen molar-refractivity contribution in [3.63, 3.8) is 0 Å². The van der Waals surface area contributed by atoms with E-state index >= 15 is 8.78 Å². The predicted molar refractivity (Wildman–Crippen MR) is 142 cm³/mol. The Morgan fingerprint density at radius 2 is 1.88 bits per heavy atom. The first-order valence-electron chi connectivity index (χ1n) is 12.3. The summed E-state index contributed by atoms with van der Waals surface area (Å²) < 4.78 is 37.4. The van der Waals surface area contributed by atoms with Crippen LogP contribution in [0.25, 0.3) is 22.1 Å². The lowest BCUT2D eigenvalue weighted by atomic mass is 10.2. The Balaban J connectivity index is 1.24. The summed E-state index contributed by atoms with van der Waals surface area (Å²) in [6, 6.07) is 7.60. The van der Waals surface area contributed by atoms with Gasteiger partial charge in [-0.25, -0.2) is 29.0 Å². The van der Waals surface area contributed by atoms with Gasteiger partial charge in [-0.3, -0.25) is 4.79 Å². The van der Waals surface area contributed by atoms with Gasteiger partial charge in [-0.2, -0.15) is 4.39 Å². The van der Waals surface area contributed by atoms with Gasteiger partial charge in [-0.15, -0.1) is 5.10 Å². The highest BCUT2D eigenvalue weighted by Gasteiger charge is 2.22. The second-order valence-corrected chi connectivity index (χ2v) is 8.97. The topological polar surface area (TPSA) is 127 Å². The van der Waals surface area contributed by atoms with Crippen molar-refractivity contribution < 1.29 is 18.3 Å². The molecule has 0 aliphatic carbocycles. The van der Waals surface area contributed by atoms with E-state index in [4.69, 9.17) is 4.74 Å². The second kappa shape index (κ2) is 10.1. The number of piperazine rings is 1. The van der Waals surface area contributed by atoms with Crippen LogP contribution in [0.4, 0.5) is 26.2 Å². The predicted octanol–water partition coefficient (Wildman–Crippen LogP) is 3.35. The summed E-state index contributed by atoms with van der Waals surface area (Å²) >= 11 is 0. The molecule has 0 saturated carbocycles. The fraction of sp³-hybridized carbons (Fsp3) is 0.192. The molecule has 5 aromatic rings. The molecule has 1 amide bonds. The third-order valence-electron chi connectivity index (χ3n) is 6.52. The quantitative estimate of drug-likeness (QED) is 0.318. The van der Waals surface area contributed by atoms with E-state index in [-0.39, 0.29) is 28.9 Å². The Morgan fingerprint density at radius 1 is 1.05 bits per heavy atom. The van der Waals surface area contributed by atoms with Gasteiger partial charge in [0.25, 0.3) is 0 Å². The van der Waals surface area contributed by atoms with Crippen LogP contribution in [0.2, 0.25) is 0 Å². The summed E-state index contributed by atoms with van der Waals surface area (Å²) in [5.74, 6) is -1.88. The van der Waals surface area contributed by atoms with Gasteiger partial charge in [-0.1, -0.05) is 11.8 Å². The lowest BCUT2D eigenvalue weighted by Crippen LogP contribution is -2.48. The van der Waals surface area contributed by atoms with Gasteiger partial charge in [0.1, 0.15) is 28.6 Å². The maximum atomic E-state index is 15.1. The molecule has 14 heteroatoms. The fourth-order valence-electron chi connectivity index (χ4n) is 4.39. The minimum Gasteiger partial charge on any atom is -0.454 e. The fourth-order valence-corrected chi connectivity index (χ4v) is 4.39. The summed E-state index contributed by atoms with van der Waals surface area (Å²) in [5.41, 5.74) is 1.92. The normalized spacial score (nSPS) is 13.6. The standard InChI is InChI=1S/C26H22F2N10O2/c1-3-21(39)37-8-10-38(11-9-37)26-29-13-18-24(33-26)25(31-14-30-18)32-16-5-7-20(23(28)22(16)27)40-15-4-6-19-17(12-15)34-35-36(19)2/h3-7,12-14H,1,8-11H2,2H3,(H,30,31,32). The minimum absolute atomic E-state index is 0.129. The van der Waals surface area contributed by atoms with E-state index in [1.165, 1.54) is 30.7 Å². The van der Waals surface area contributed by atoms with E-state index < -0.39 is 11.6 Å². The molecule has 0 unspecified atom stereocenters. The Hall–Kier alpha value is -5.27. The van der Waals surface area contributed by atoms with Crippen molar-refractivity contribution in [3.05, 3.63) is 67.1 Å². The molecule has 0 spiro atoms. The molecule has 40 heavy (non-hydrogen) atoms. The third kappa shape index (κ3) is 4.59. The SMILES string of the molecule is C=CC(=O)N1CCN(c2ncc3ncnc(Nc4ccc(Oc5ccc6c(c5)nnn6C)c(F)c4F)c3n2)CC1. The van der Waals surface area contributed by atoms with E-state index in [1.807, 2.05) is 4.90 Å². The zero-order valence-corrected chi connectivity index (χ0v) is 21.3. The summed E-state index contributed by atoms with van der Waals surface area (Å²) in [6.07, 6.45) is 4.10. The first-order chi connectivity index (χ1) is 19.4. The Kier molecular flexibility index (Phi) is 6.34. The van der Waals surface area contributed by atoms with Crippen molar-refractivity contribution in [2.75, 3.05) is 36.4 Å². The zero-order chi connectivity index (χ0) is 27.8. The minimum atomic E-state index is -1.18. The molecule has 2 aromatic carbocycles. The maximum Gasteiger partial charge on any atom is 0.246 e. The summed E-state index contributed by atoms with van der Waals surface area (Å²) in [7, 11) is 1.75. The molecule has 4 heterocycles. The maximum absolute atomic E-state index is 15.1. The zero-order valence-electron chi connectivity index (χ0n) is 21.3. The Labute approximate surface area is 225 Å². The summed E-state index contributed by atoms with van der Waals surface area (Å²) in [6.45, 7) is 5.55. The van der Waals surface area contributed by atoms with Crippen LogP contribution in [0.3, 0.4) is 0 Å². The van der Waals surface area contributed by atoms with E-state index in [1.54, 1.807) is 34.8 Å². The molecular weight excluding hydrogens is 522 g/mol. The molecule has 202 valence electrons. The number of carbonyl (C=O) groups excluding carboxylic acids is 1. The lowest BCUT2D eigenvalue weighted by Gasteiger charge is -2.34. The number of fused-ring (bicyclic) bond motifs is 2. The van der Waals surface area contributed by atoms with Gasteiger partial charge >= 0.3 is 0 Å². The highest BCUT2D eigenvalue weighted by molar-refractivity contribution is 5.88. The molecule has 3 aromatic heterocycles. The number of rotatable bonds is 6. The number of benzene rings is 2. The Morgan fingerprint density at radius 3 is 2.67 bits per heavy atom. The number of hydrogen-bond donors (Lipinski definition) is 1. The van der Waals surface area contributed by atoms with Gasteiger partial charge in [0.15, 0.2) is 17.4 Å². The number of aromatic nitrogens is 7. The monoisotopic (exact) mass is 544 g/mol. The number of hydrogen-bond acceptors (Lipinski definition) is 10. The Bertz CT molecular complexity index is 1770. The van der Waals surface area contributed by atoms with E-state index in [0.717, 1.165) is 5.52 Å². The van der Waals surface area contributed by atoms with Crippen LogP contribution < -0.4 is 15.0 Å². The van der Waals surface area contributed by atoms with Crippen molar-refractivity contribution >= 4 is 45.4 Å². The van der Waals surface area contributed by atoms with Crippen LogP contribution in [0.1, 0.15) is 0 Å². The lowest BCUT2D eigenvalue weighted by molar-refractivity contribution is -0.126. The van der Waals surface area contributed by atoms with E-state index in [2.05, 4.69) is 42.1 Å². The molecule has 1 aliphatic heterocycles. The largest absolute Gasteiger partial charge is 0.454 e. The molecule has 0 radical (unpaired) electrons. The van der Waals surface area contributed by atoms with Crippen molar-refractivity contribution in [2.24, 2.45) is 7.05 Å². The number of amides is 1. The van der Waals surface area contributed by atoms with Gasteiger partial charge < -0.3 is 19.9 Å². The van der Waals surface area contributed by atoms with Gasteiger partial charge in [-0.05, 0) is 30.3 Å². The summed E-state index contributed by atoms with van der Waals surface area (Å²) in [4.78, 5) is 32.8. The second-order valence-electron chi connectivity index (χ2n) is 8.97. The molecular formula is C26H22F2N10O2. The van der Waals surface area contributed by atoms with Gasteiger partial charge in [0.05, 0.1) is 17.4 Å². The highest BCUT2D eigenvalue weighted by atomic mass is 19.2. The van der Waals surface area contributed by atoms with E-state index in [9.17, 15) is 4.79 Å². The van der Waals surface area contributed by atoms with Crippen molar-refractivity contribution in [1.29, 1.82) is 0 Å². The van der Waals surface area contributed by atoms with Crippen LogP contribution in [0.5, 0.6) is 11.5 Å². The average Bonchev–Trinajstić information content (AvgIpc) is 3.36. The highest BCUT2D eigenvalue weighted by Crippen LogP contribution is 2.33. The molecule has 1 saturated heterocycles. The number of nitrogens with one attached hydrogen (secondary N) is 1. The summed E-state index contributed by atoms with van der Waals surface area (Å²) in [5, 5.41) is 10.7. The molecule has 0 bridgehead atoms. The third-order valence-corrected chi connectivity index (χ3v) is 6.52. The molecule has 1 aliphatic rings. The van der Waals surface area contributed by atoms with Crippen LogP contribution in [-0.2, 0) is 11.8 Å². The number of halogens is 2. The van der Waals surface area contributed by atoms with Crippen LogP contribution in [0.15, 0.2) is 55.5 Å². The number of nitrogens with zero attached hydrogens (tertiary/aromatic N) is 9. The van der Waals surface area contributed by atoms with Crippen LogP contribution in [-0.4, -0.2) is 71.9 Å². The first kappa shape index (κ1) is 25.0. The number of carbonyl (C=O) groups is 1. The molecule has 1 N–H and O–H groups in total. The first-order valence-corrected chi connectivity index (χ1v) is 12.3. The van der Waals surface area contributed by atoms with Crippen LogP contribution in [0, 0.1) is 11.6 Å². The van der Waals surface area contributed by atoms with E-state index in [0.29, 0.717) is 48.7 Å². The van der Waals surface area contributed by atoms with Crippen molar-refractivity contribution in [2.45, 2.75) is 0 Å². The molecule has 12 nitrogen and oxygen atoms in total. The molecule has 1 fully saturated rings. The van der Waals surface area contributed by atoms with Gasteiger partial charge in [0.2, 0.25) is 17.7 Å².